The quantitative estimate of drug-likeness (QED) is 0.0248. The van der Waals surface area contributed by atoms with Crippen molar-refractivity contribution < 1.29 is 33.7 Å². The van der Waals surface area contributed by atoms with Crippen molar-refractivity contribution in [3.63, 3.8) is 0 Å². The molecule has 0 saturated carbocycles. The molecule has 4 aromatic carbocycles. The van der Waals surface area contributed by atoms with Crippen molar-refractivity contribution in [2.24, 2.45) is 11.8 Å². The van der Waals surface area contributed by atoms with Gasteiger partial charge in [-0.05, 0) is 129 Å². The molecule has 0 aliphatic carbocycles. The number of hydrogen-bond acceptors (Lipinski definition) is 8. The summed E-state index contributed by atoms with van der Waals surface area (Å²) in [4.78, 5) is 36.3. The highest BCUT2D eigenvalue weighted by Crippen LogP contribution is 2.29. The van der Waals surface area contributed by atoms with E-state index < -0.39 is 0 Å². The summed E-state index contributed by atoms with van der Waals surface area (Å²) in [5, 5.41) is 9.54. The number of phenols is 1. The number of rotatable bonds is 23. The van der Waals surface area contributed by atoms with Crippen molar-refractivity contribution in [2.45, 2.75) is 132 Å². The Bertz CT molecular complexity index is 1960. The molecule has 0 aliphatic rings. The molecule has 8 heteroatoms. The molecule has 0 aromatic heterocycles. The van der Waals surface area contributed by atoms with E-state index in [0.717, 1.165) is 72.0 Å². The molecule has 8 nitrogen and oxygen atoms in total. The van der Waals surface area contributed by atoms with Gasteiger partial charge in [-0.25, -0.2) is 0 Å². The van der Waals surface area contributed by atoms with Crippen LogP contribution in [0.3, 0.4) is 0 Å². The number of carbonyl (C=O) groups excluding carboxylic acids is 3. The van der Waals surface area contributed by atoms with E-state index in [9.17, 15) is 19.5 Å². The van der Waals surface area contributed by atoms with E-state index in [-0.39, 0.29) is 31.3 Å². The predicted molar refractivity (Wildman–Crippen MR) is 262 cm³/mol. The summed E-state index contributed by atoms with van der Waals surface area (Å²) in [6.45, 7) is 12.7. The number of methoxy groups -OCH3 is 2. The average molecular weight is 864 g/mol. The molecule has 0 heterocycles. The van der Waals surface area contributed by atoms with E-state index in [1.54, 1.807) is 25.3 Å². The van der Waals surface area contributed by atoms with Gasteiger partial charge in [-0.1, -0.05) is 120 Å². The van der Waals surface area contributed by atoms with Crippen LogP contribution in [0.4, 0.5) is 5.69 Å². The zero-order valence-corrected chi connectivity index (χ0v) is 38.7. The van der Waals surface area contributed by atoms with Crippen molar-refractivity contribution in [1.82, 2.24) is 0 Å². The van der Waals surface area contributed by atoms with Crippen molar-refractivity contribution in [2.75, 3.05) is 20.0 Å². The summed E-state index contributed by atoms with van der Waals surface area (Å²) >= 11 is 0. The van der Waals surface area contributed by atoms with Gasteiger partial charge in [-0.2, -0.15) is 0 Å². The van der Waals surface area contributed by atoms with Crippen molar-refractivity contribution in [3.05, 3.63) is 137 Å². The molecule has 3 N–H and O–H groups in total. The number of Topliss-reactive ketones (excluding diaryl/α,β-unsaturated/α-hetero) is 2. The second-order valence-corrected chi connectivity index (χ2v) is 16.3. The lowest BCUT2D eigenvalue weighted by atomic mass is 10.0. The fraction of sp³-hybridized carbons (Fsp3) is 0.436. The number of nitrogens with two attached hydrogens (primary N) is 1. The Hall–Kier alpha value is -5.63. The maximum absolute atomic E-state index is 12.2. The van der Waals surface area contributed by atoms with Crippen LogP contribution in [0.5, 0.6) is 23.0 Å². The number of aromatic hydroxyl groups is 1. The van der Waals surface area contributed by atoms with E-state index >= 15 is 0 Å². The first-order chi connectivity index (χ1) is 29.7. The van der Waals surface area contributed by atoms with Gasteiger partial charge in [0.15, 0.2) is 23.0 Å². The molecule has 0 bridgehead atoms. The number of phenolic OH excluding ortho intramolecular Hbond substituents is 1. The Morgan fingerprint density at radius 2 is 1.10 bits per heavy atom. The SMILES string of the molecule is C.COc1cc(CCC(=O)CCCC/C=C/C(C)C)ccc1O.COc1cc(CCC(=O)CCCC/C=C/C(C)C)ccc1OC(=O)Cc1ccccc1.Cc1cccc(C)c1N. The standard InChI is InChI=1S/C27H34O4.C19H28O3.C8H11N.CH4/c1-21(2)11-7-4-5-10-14-24(28)17-15-23-16-18-25(26(19-23)30-3)31-27(29)20-22-12-8-6-9-13-22;1-15(2)8-6-4-5-7-9-17(20)12-10-16-11-13-18(21)19(14-16)22-3;1-6-4-3-5-7(2)8(6)9;/h6-9,11-13,16,18-19,21H,4-5,10,14-15,17,20H2,1-3H3;6,8,11,13-15,21H,4-5,7,9-10,12H2,1-3H3;3-5H,9H2,1-2H3;1H4/b11-7+;8-6+;;. The van der Waals surface area contributed by atoms with Gasteiger partial charge in [0.25, 0.3) is 0 Å². The number of nitrogen functional groups attached to an aromatic ring is 1. The third kappa shape index (κ3) is 24.6. The van der Waals surface area contributed by atoms with E-state index in [2.05, 4.69) is 52.0 Å². The topological polar surface area (TPSA) is 125 Å². The lowest BCUT2D eigenvalue weighted by molar-refractivity contribution is -0.133. The number of unbranched alkanes of at least 4 members (excludes halogenated alkanes) is 4. The molecule has 344 valence electrons. The normalized spacial score (nSPS) is 10.8. The fourth-order valence-electron chi connectivity index (χ4n) is 6.30. The summed E-state index contributed by atoms with van der Waals surface area (Å²) in [5.41, 5.74) is 11.8. The summed E-state index contributed by atoms with van der Waals surface area (Å²) < 4.78 is 15.9. The maximum atomic E-state index is 12.2. The predicted octanol–water partition coefficient (Wildman–Crippen LogP) is 13.3. The van der Waals surface area contributed by atoms with Gasteiger partial charge in [0.05, 0.1) is 20.6 Å². The Kier molecular flexibility index (Phi) is 28.2. The minimum absolute atomic E-state index is 0. The lowest BCUT2D eigenvalue weighted by Gasteiger charge is -2.11. The van der Waals surface area contributed by atoms with Crippen LogP contribution in [-0.4, -0.2) is 36.9 Å². The number of ether oxygens (including phenoxy) is 3. The number of carbonyl (C=O) groups is 3. The van der Waals surface area contributed by atoms with Gasteiger partial charge >= 0.3 is 5.97 Å². The van der Waals surface area contributed by atoms with Gasteiger partial charge < -0.3 is 25.1 Å². The van der Waals surface area contributed by atoms with Crippen molar-refractivity contribution in [3.8, 4) is 23.0 Å². The van der Waals surface area contributed by atoms with Crippen LogP contribution in [-0.2, 0) is 33.6 Å². The number of ketones is 2. The zero-order valence-electron chi connectivity index (χ0n) is 38.7. The van der Waals surface area contributed by atoms with Gasteiger partial charge in [0.2, 0.25) is 0 Å². The highest BCUT2D eigenvalue weighted by molar-refractivity contribution is 5.79. The summed E-state index contributed by atoms with van der Waals surface area (Å²) in [7, 11) is 3.07. The van der Waals surface area contributed by atoms with Gasteiger partial charge in [0.1, 0.15) is 11.6 Å². The number of allylic oxidation sites excluding steroid dienone is 4. The van der Waals surface area contributed by atoms with Gasteiger partial charge in [-0.3, -0.25) is 14.4 Å². The van der Waals surface area contributed by atoms with Crippen molar-refractivity contribution in [1.29, 1.82) is 0 Å². The molecule has 0 amide bonds. The first-order valence-electron chi connectivity index (χ1n) is 22.2. The molecule has 4 rings (SSSR count). The fourth-order valence-corrected chi connectivity index (χ4v) is 6.30. The third-order valence-electron chi connectivity index (χ3n) is 10.0. The Labute approximate surface area is 380 Å². The molecule has 0 atom stereocenters. The van der Waals surface area contributed by atoms with Crippen LogP contribution in [0.2, 0.25) is 0 Å². The van der Waals surface area contributed by atoms with E-state index in [1.165, 1.54) is 7.11 Å². The minimum atomic E-state index is -0.337. The smallest absolute Gasteiger partial charge is 0.315 e. The molecular weight excluding hydrogens is 787 g/mol. The Morgan fingerprint density at radius 1 is 0.603 bits per heavy atom. The highest BCUT2D eigenvalue weighted by Gasteiger charge is 2.13. The number of anilines is 1. The third-order valence-corrected chi connectivity index (χ3v) is 10.0. The molecule has 0 unspecified atom stereocenters. The molecule has 0 fully saturated rings. The molecule has 0 spiro atoms. The number of hydrogen-bond donors (Lipinski definition) is 2. The first kappa shape index (κ1) is 55.4. The largest absolute Gasteiger partial charge is 0.504 e. The van der Waals surface area contributed by atoms with Crippen LogP contribution >= 0.6 is 0 Å². The maximum Gasteiger partial charge on any atom is 0.315 e. The second-order valence-electron chi connectivity index (χ2n) is 16.3. The van der Waals surface area contributed by atoms with Crippen molar-refractivity contribution >= 4 is 23.2 Å². The zero-order chi connectivity index (χ0) is 45.7. The molecule has 0 saturated heterocycles. The Balaban J connectivity index is 0.000000537. The molecule has 0 aliphatic heterocycles. The molecule has 0 radical (unpaired) electrons. The van der Waals surface area contributed by atoms with Crippen LogP contribution in [0, 0.1) is 25.7 Å². The summed E-state index contributed by atoms with van der Waals surface area (Å²) in [6, 6.07) is 26.2. The molecular formula is C55H77NO7. The molecule has 63 heavy (non-hydrogen) atoms. The van der Waals surface area contributed by atoms with Crippen LogP contribution in [0.25, 0.3) is 0 Å². The van der Waals surface area contributed by atoms with Gasteiger partial charge in [-0.15, -0.1) is 0 Å². The monoisotopic (exact) mass is 864 g/mol. The number of para-hydroxylation sites is 1. The lowest BCUT2D eigenvalue weighted by Crippen LogP contribution is -2.12. The van der Waals surface area contributed by atoms with Crippen LogP contribution in [0.15, 0.2) is 109 Å². The van der Waals surface area contributed by atoms with Crippen LogP contribution < -0.4 is 19.9 Å². The van der Waals surface area contributed by atoms with Gasteiger partial charge in [0, 0.05) is 31.4 Å². The van der Waals surface area contributed by atoms with Crippen LogP contribution in [0.1, 0.15) is 127 Å². The first-order valence-corrected chi connectivity index (χ1v) is 22.2. The van der Waals surface area contributed by atoms with E-state index in [1.807, 2.05) is 80.6 Å². The minimum Gasteiger partial charge on any atom is -0.504 e. The summed E-state index contributed by atoms with van der Waals surface area (Å²) in [6.07, 6.45) is 18.8. The van der Waals surface area contributed by atoms with E-state index in [0.29, 0.717) is 73.4 Å². The second kappa shape index (κ2) is 32.1. The highest BCUT2D eigenvalue weighted by atomic mass is 16.6. The number of aryl methyl sites for hydroxylation is 4. The summed E-state index contributed by atoms with van der Waals surface area (Å²) in [5.74, 6) is 2.92. The van der Waals surface area contributed by atoms with E-state index in [4.69, 9.17) is 19.9 Å². The number of esters is 1. The molecule has 4 aromatic rings. The number of benzene rings is 4. The Morgan fingerprint density at radius 3 is 1.57 bits per heavy atom. The average Bonchev–Trinajstić information content (AvgIpc) is 3.25.